The molecule has 1 rings (SSSR count). The highest BCUT2D eigenvalue weighted by Crippen LogP contribution is 2.15. The third-order valence-corrected chi connectivity index (χ3v) is 4.61. The van der Waals surface area contributed by atoms with Crippen LogP contribution in [0.5, 0.6) is 5.75 Å². The average molecular weight is 315 g/mol. The molecule has 120 valence electrons. The number of benzene rings is 1. The van der Waals surface area contributed by atoms with Gasteiger partial charge in [-0.15, -0.1) is 0 Å². The van der Waals surface area contributed by atoms with Gasteiger partial charge in [0.2, 0.25) is 10.0 Å². The molecule has 1 aromatic carbocycles. The van der Waals surface area contributed by atoms with Crippen LogP contribution in [0.15, 0.2) is 29.2 Å². The molecule has 0 spiro atoms. The van der Waals surface area contributed by atoms with Gasteiger partial charge in [0.05, 0.1) is 4.90 Å². The molecule has 0 heterocycles. The Bertz CT molecular complexity index is 499. The summed E-state index contributed by atoms with van der Waals surface area (Å²) >= 11 is 0. The van der Waals surface area contributed by atoms with Gasteiger partial charge in [0.1, 0.15) is 12.4 Å². The Morgan fingerprint density at radius 3 is 2.33 bits per heavy atom. The summed E-state index contributed by atoms with van der Waals surface area (Å²) in [6, 6.07) is 6.33. The lowest BCUT2D eigenvalue weighted by molar-refractivity contribution is 0.309. The molecule has 3 N–H and O–H groups in total. The molecule has 0 bridgehead atoms. The van der Waals surface area contributed by atoms with Crippen LogP contribution in [0.1, 0.15) is 13.8 Å². The smallest absolute Gasteiger partial charge is 0.240 e. The zero-order valence-electron chi connectivity index (χ0n) is 12.7. The summed E-state index contributed by atoms with van der Waals surface area (Å²) in [5.74, 6) is 0.613. The molecule has 0 aliphatic heterocycles. The van der Waals surface area contributed by atoms with Crippen molar-refractivity contribution in [3.63, 3.8) is 0 Å². The first-order valence-electron chi connectivity index (χ1n) is 7.18. The van der Waals surface area contributed by atoms with Crippen LogP contribution in [0.4, 0.5) is 0 Å². The summed E-state index contributed by atoms with van der Waals surface area (Å²) in [5.41, 5.74) is 5.34. The maximum Gasteiger partial charge on any atom is 0.240 e. The van der Waals surface area contributed by atoms with Gasteiger partial charge in [-0.3, -0.25) is 0 Å². The molecular formula is C14H25N3O3S. The van der Waals surface area contributed by atoms with E-state index in [1.807, 2.05) is 0 Å². The van der Waals surface area contributed by atoms with Crippen LogP contribution in [-0.2, 0) is 10.0 Å². The maximum absolute atomic E-state index is 12.1. The van der Waals surface area contributed by atoms with Crippen LogP contribution in [0.25, 0.3) is 0 Å². The van der Waals surface area contributed by atoms with E-state index in [4.69, 9.17) is 10.5 Å². The SMILES string of the molecule is CCN(CC)CCNS(=O)(=O)c1ccc(OCCN)cc1. The van der Waals surface area contributed by atoms with Gasteiger partial charge in [-0.2, -0.15) is 0 Å². The number of nitrogens with two attached hydrogens (primary N) is 1. The zero-order chi connectivity index (χ0) is 15.7. The minimum absolute atomic E-state index is 0.238. The lowest BCUT2D eigenvalue weighted by Crippen LogP contribution is -2.34. The van der Waals surface area contributed by atoms with Crippen LogP contribution >= 0.6 is 0 Å². The van der Waals surface area contributed by atoms with Crippen LogP contribution in [-0.4, -0.2) is 52.6 Å². The van der Waals surface area contributed by atoms with E-state index in [1.165, 1.54) is 12.1 Å². The van der Waals surface area contributed by atoms with Crippen LogP contribution in [0, 0.1) is 0 Å². The summed E-state index contributed by atoms with van der Waals surface area (Å²) < 4.78 is 32.2. The van der Waals surface area contributed by atoms with Gasteiger partial charge >= 0.3 is 0 Å². The van der Waals surface area contributed by atoms with Crippen molar-refractivity contribution in [2.45, 2.75) is 18.7 Å². The van der Waals surface area contributed by atoms with Gasteiger partial charge in [-0.1, -0.05) is 13.8 Å². The number of nitrogens with one attached hydrogen (secondary N) is 1. The van der Waals surface area contributed by atoms with E-state index in [2.05, 4.69) is 23.5 Å². The van der Waals surface area contributed by atoms with E-state index >= 15 is 0 Å². The highest BCUT2D eigenvalue weighted by atomic mass is 32.2. The van der Waals surface area contributed by atoms with Crippen molar-refractivity contribution in [3.8, 4) is 5.75 Å². The molecule has 0 aromatic heterocycles. The Balaban J connectivity index is 2.57. The molecule has 21 heavy (non-hydrogen) atoms. The van der Waals surface area contributed by atoms with E-state index in [-0.39, 0.29) is 4.90 Å². The van der Waals surface area contributed by atoms with Crippen LogP contribution < -0.4 is 15.2 Å². The van der Waals surface area contributed by atoms with Gasteiger partial charge in [0, 0.05) is 19.6 Å². The normalized spacial score (nSPS) is 11.8. The number of hydrogen-bond donors (Lipinski definition) is 2. The maximum atomic E-state index is 12.1. The van der Waals surface area contributed by atoms with Gasteiger partial charge in [0.15, 0.2) is 0 Å². The molecule has 0 saturated carbocycles. The molecule has 0 fully saturated rings. The topological polar surface area (TPSA) is 84.7 Å². The van der Waals surface area contributed by atoms with Gasteiger partial charge < -0.3 is 15.4 Å². The second kappa shape index (κ2) is 8.99. The van der Waals surface area contributed by atoms with Crippen molar-refractivity contribution < 1.29 is 13.2 Å². The van der Waals surface area contributed by atoms with E-state index in [0.29, 0.717) is 32.0 Å². The van der Waals surface area contributed by atoms with Crippen molar-refractivity contribution in [1.29, 1.82) is 0 Å². The molecule has 0 atom stereocenters. The summed E-state index contributed by atoms with van der Waals surface area (Å²) in [7, 11) is -3.47. The molecule has 7 heteroatoms. The third kappa shape index (κ3) is 6.01. The first-order valence-corrected chi connectivity index (χ1v) is 8.66. The number of rotatable bonds is 10. The van der Waals surface area contributed by atoms with Crippen molar-refractivity contribution >= 4 is 10.0 Å². The van der Waals surface area contributed by atoms with Crippen molar-refractivity contribution in [3.05, 3.63) is 24.3 Å². The molecule has 0 aliphatic rings. The van der Waals surface area contributed by atoms with Gasteiger partial charge in [0.25, 0.3) is 0 Å². The standard InChI is InChI=1S/C14H25N3O3S/c1-3-17(4-2)11-10-16-21(18,19)14-7-5-13(6-8-14)20-12-9-15/h5-8,16H,3-4,9-12,15H2,1-2H3. The summed E-state index contributed by atoms with van der Waals surface area (Å²) in [6.45, 7) is 7.85. The minimum atomic E-state index is -3.47. The molecule has 0 radical (unpaired) electrons. The van der Waals surface area contributed by atoms with E-state index < -0.39 is 10.0 Å². The number of likely N-dealkylation sites (N-methyl/N-ethyl adjacent to an activating group) is 1. The first kappa shape index (κ1) is 17.9. The fourth-order valence-electron chi connectivity index (χ4n) is 1.85. The van der Waals surface area contributed by atoms with E-state index in [9.17, 15) is 8.42 Å². The third-order valence-electron chi connectivity index (χ3n) is 3.14. The number of nitrogens with zero attached hydrogens (tertiary/aromatic N) is 1. The fraction of sp³-hybridized carbons (Fsp3) is 0.571. The lowest BCUT2D eigenvalue weighted by atomic mass is 10.3. The Morgan fingerprint density at radius 2 is 1.81 bits per heavy atom. The zero-order valence-corrected chi connectivity index (χ0v) is 13.5. The van der Waals surface area contributed by atoms with Crippen molar-refractivity contribution in [2.75, 3.05) is 39.3 Å². The number of hydrogen-bond acceptors (Lipinski definition) is 5. The van der Waals surface area contributed by atoms with Crippen LogP contribution in [0.3, 0.4) is 0 Å². The summed E-state index contributed by atoms with van der Waals surface area (Å²) in [4.78, 5) is 2.40. The Hall–Kier alpha value is -1.15. The molecule has 0 saturated heterocycles. The largest absolute Gasteiger partial charge is 0.492 e. The molecule has 0 amide bonds. The Labute approximate surface area is 127 Å². The first-order chi connectivity index (χ1) is 10.0. The number of ether oxygens (including phenoxy) is 1. The molecule has 1 aromatic rings. The predicted molar refractivity (Wildman–Crippen MR) is 84.0 cm³/mol. The quantitative estimate of drug-likeness (QED) is 0.662. The minimum Gasteiger partial charge on any atom is -0.492 e. The monoisotopic (exact) mass is 315 g/mol. The highest BCUT2D eigenvalue weighted by molar-refractivity contribution is 7.89. The lowest BCUT2D eigenvalue weighted by Gasteiger charge is -2.18. The Kier molecular flexibility index (Phi) is 7.66. The van der Waals surface area contributed by atoms with Crippen LogP contribution in [0.2, 0.25) is 0 Å². The molecular weight excluding hydrogens is 290 g/mol. The van der Waals surface area contributed by atoms with Gasteiger partial charge in [-0.05, 0) is 37.4 Å². The summed E-state index contributed by atoms with van der Waals surface area (Å²) in [5, 5.41) is 0. The van der Waals surface area contributed by atoms with Gasteiger partial charge in [-0.25, -0.2) is 13.1 Å². The van der Waals surface area contributed by atoms with Crippen molar-refractivity contribution in [1.82, 2.24) is 9.62 Å². The average Bonchev–Trinajstić information content (AvgIpc) is 2.50. The molecule has 0 unspecified atom stereocenters. The van der Waals surface area contributed by atoms with Crippen molar-refractivity contribution in [2.24, 2.45) is 5.73 Å². The Morgan fingerprint density at radius 1 is 1.19 bits per heavy atom. The fourth-order valence-corrected chi connectivity index (χ4v) is 2.87. The second-order valence-corrected chi connectivity index (χ2v) is 6.30. The second-order valence-electron chi connectivity index (χ2n) is 4.53. The number of sulfonamides is 1. The summed E-state index contributed by atoms with van der Waals surface area (Å²) in [6.07, 6.45) is 0. The highest BCUT2D eigenvalue weighted by Gasteiger charge is 2.13. The predicted octanol–water partition coefficient (Wildman–Crippen LogP) is 0.644. The van der Waals surface area contributed by atoms with E-state index in [1.54, 1.807) is 12.1 Å². The van der Waals surface area contributed by atoms with E-state index in [0.717, 1.165) is 13.1 Å². The molecule has 6 nitrogen and oxygen atoms in total. The molecule has 0 aliphatic carbocycles.